The van der Waals surface area contributed by atoms with E-state index in [1.54, 1.807) is 11.1 Å². The zero-order valence-corrected chi connectivity index (χ0v) is 21.9. The molecule has 2 aliphatic heterocycles. The summed E-state index contributed by atoms with van der Waals surface area (Å²) < 4.78 is 66.1. The number of piperazine rings is 1. The number of aromatic nitrogens is 1. The predicted octanol–water partition coefficient (Wildman–Crippen LogP) is 4.66. The average Bonchev–Trinajstić information content (AvgIpc) is 2.92. The molecule has 2 saturated heterocycles. The Morgan fingerprint density at radius 3 is 2.37 bits per heavy atom. The summed E-state index contributed by atoms with van der Waals surface area (Å²) in [5, 5.41) is 1.59. The number of anilines is 1. The second-order valence-corrected chi connectivity index (χ2v) is 11.9. The number of hydrogen-bond donors (Lipinski definition) is 0. The van der Waals surface area contributed by atoms with Crippen molar-refractivity contribution in [1.82, 2.24) is 14.2 Å². The topological polar surface area (TPSA) is 73.8 Å². The second-order valence-electron chi connectivity index (χ2n) is 9.53. The number of halogens is 4. The van der Waals surface area contributed by atoms with E-state index in [4.69, 9.17) is 11.6 Å². The van der Waals surface area contributed by atoms with Gasteiger partial charge in [0.2, 0.25) is 15.9 Å². The number of piperidine rings is 1. The molecule has 0 aliphatic carbocycles. The molecule has 0 radical (unpaired) electrons. The van der Waals surface area contributed by atoms with Crippen molar-refractivity contribution in [2.24, 2.45) is 5.92 Å². The molecule has 1 aromatic heterocycles. The lowest BCUT2D eigenvalue weighted by Gasteiger charge is -2.39. The molecule has 1 unspecified atom stereocenters. The van der Waals surface area contributed by atoms with Crippen LogP contribution in [0.2, 0.25) is 5.02 Å². The third-order valence-electron chi connectivity index (χ3n) is 7.17. The summed E-state index contributed by atoms with van der Waals surface area (Å²) in [4.78, 5) is 21.5. The molecule has 0 N–H and O–H groups in total. The van der Waals surface area contributed by atoms with E-state index < -0.39 is 27.7 Å². The number of hydrogen-bond acceptors (Lipinski definition) is 5. The van der Waals surface area contributed by atoms with Crippen LogP contribution in [0.3, 0.4) is 0 Å². The van der Waals surface area contributed by atoms with E-state index in [1.807, 2.05) is 24.3 Å². The third kappa shape index (κ3) is 5.32. The number of pyridine rings is 1. The van der Waals surface area contributed by atoms with Gasteiger partial charge in [-0.3, -0.25) is 9.78 Å². The van der Waals surface area contributed by atoms with Crippen LogP contribution in [0.4, 0.5) is 18.9 Å². The SMILES string of the molecule is O=C(C1CCCN(S(=O)(=O)c2ccc(C(F)(F)F)cc2)C1)N1CCN(c2ccnc3cc(Cl)ccc23)CC1. The lowest BCUT2D eigenvalue weighted by Crippen LogP contribution is -2.53. The Morgan fingerprint density at radius 1 is 0.974 bits per heavy atom. The summed E-state index contributed by atoms with van der Waals surface area (Å²) in [5.41, 5.74) is 0.904. The number of carbonyl (C=O) groups is 1. The Balaban J connectivity index is 1.24. The quantitative estimate of drug-likeness (QED) is 0.459. The molecule has 1 atom stereocenters. The monoisotopic (exact) mass is 566 g/mol. The van der Waals surface area contributed by atoms with E-state index in [0.29, 0.717) is 44.0 Å². The largest absolute Gasteiger partial charge is 0.416 e. The van der Waals surface area contributed by atoms with Crippen molar-refractivity contribution >= 4 is 44.1 Å². The van der Waals surface area contributed by atoms with Gasteiger partial charge in [0.05, 0.1) is 21.9 Å². The highest BCUT2D eigenvalue weighted by atomic mass is 35.5. The molecule has 7 nitrogen and oxygen atoms in total. The van der Waals surface area contributed by atoms with Crippen LogP contribution in [0.1, 0.15) is 18.4 Å². The molecular weight excluding hydrogens is 541 g/mol. The minimum absolute atomic E-state index is 0.0121. The molecule has 38 heavy (non-hydrogen) atoms. The van der Waals surface area contributed by atoms with E-state index in [0.717, 1.165) is 40.9 Å². The highest BCUT2D eigenvalue weighted by Crippen LogP contribution is 2.32. The Kier molecular flexibility index (Phi) is 7.27. The lowest BCUT2D eigenvalue weighted by molar-refractivity contribution is -0.138. The maximum absolute atomic E-state index is 13.3. The van der Waals surface area contributed by atoms with E-state index in [1.165, 1.54) is 4.31 Å². The summed E-state index contributed by atoms with van der Waals surface area (Å²) >= 11 is 6.10. The Labute approximate surface area is 223 Å². The number of nitrogens with zero attached hydrogens (tertiary/aromatic N) is 4. The molecule has 3 aromatic rings. The van der Waals surface area contributed by atoms with E-state index in [2.05, 4.69) is 9.88 Å². The third-order valence-corrected chi connectivity index (χ3v) is 9.28. The van der Waals surface area contributed by atoms with Gasteiger partial charge in [-0.25, -0.2) is 8.42 Å². The van der Waals surface area contributed by atoms with Crippen LogP contribution in [0.5, 0.6) is 0 Å². The van der Waals surface area contributed by atoms with E-state index >= 15 is 0 Å². The van der Waals surface area contributed by atoms with Crippen molar-refractivity contribution in [2.75, 3.05) is 44.2 Å². The van der Waals surface area contributed by atoms with E-state index in [-0.39, 0.29) is 23.9 Å². The van der Waals surface area contributed by atoms with Gasteiger partial charge >= 0.3 is 6.18 Å². The number of amides is 1. The normalized spacial score (nSPS) is 19.6. The van der Waals surface area contributed by atoms with Gasteiger partial charge in [0.1, 0.15) is 0 Å². The molecule has 0 saturated carbocycles. The van der Waals surface area contributed by atoms with Crippen LogP contribution in [-0.4, -0.2) is 67.8 Å². The highest BCUT2D eigenvalue weighted by molar-refractivity contribution is 7.89. The van der Waals surface area contributed by atoms with Gasteiger partial charge < -0.3 is 9.80 Å². The van der Waals surface area contributed by atoms with Gasteiger partial charge in [-0.05, 0) is 61.4 Å². The summed E-state index contributed by atoms with van der Waals surface area (Å²) in [6, 6.07) is 11.0. The van der Waals surface area contributed by atoms with Crippen LogP contribution in [-0.2, 0) is 21.0 Å². The van der Waals surface area contributed by atoms with Gasteiger partial charge in [-0.15, -0.1) is 0 Å². The van der Waals surface area contributed by atoms with Crippen LogP contribution < -0.4 is 4.90 Å². The number of fused-ring (bicyclic) bond motifs is 1. The molecule has 1 amide bonds. The first-order valence-electron chi connectivity index (χ1n) is 12.3. The molecule has 5 rings (SSSR count). The van der Waals surface area contributed by atoms with Crippen molar-refractivity contribution in [2.45, 2.75) is 23.9 Å². The number of benzene rings is 2. The van der Waals surface area contributed by atoms with Crippen molar-refractivity contribution in [3.05, 3.63) is 65.3 Å². The van der Waals surface area contributed by atoms with Crippen molar-refractivity contribution < 1.29 is 26.4 Å². The number of alkyl halides is 3. The Morgan fingerprint density at radius 2 is 1.68 bits per heavy atom. The fraction of sp³-hybridized carbons (Fsp3) is 0.385. The van der Waals surface area contributed by atoms with Gasteiger partial charge in [-0.1, -0.05) is 11.6 Å². The van der Waals surface area contributed by atoms with Crippen LogP contribution in [0, 0.1) is 5.92 Å². The van der Waals surface area contributed by atoms with Gasteiger partial charge in [-0.2, -0.15) is 17.5 Å². The van der Waals surface area contributed by atoms with Gasteiger partial charge in [0.15, 0.2) is 0 Å². The minimum atomic E-state index is -4.55. The van der Waals surface area contributed by atoms with Crippen LogP contribution in [0.15, 0.2) is 59.6 Å². The zero-order chi connectivity index (χ0) is 27.1. The van der Waals surface area contributed by atoms with Crippen molar-refractivity contribution in [1.29, 1.82) is 0 Å². The van der Waals surface area contributed by atoms with Crippen LogP contribution in [0.25, 0.3) is 10.9 Å². The summed E-state index contributed by atoms with van der Waals surface area (Å²) in [6.45, 7) is 2.47. The standard InChI is InChI=1S/C26H26ClF3N4O3S/c27-20-5-8-22-23(16-20)31-10-9-24(22)32-12-14-33(15-13-32)25(35)18-2-1-11-34(17-18)38(36,37)21-6-3-19(4-7-21)26(28,29)30/h3-10,16,18H,1-2,11-15,17H2. The molecule has 0 bridgehead atoms. The fourth-order valence-corrected chi connectivity index (χ4v) is 6.83. The fourth-order valence-electron chi connectivity index (χ4n) is 5.14. The first-order valence-corrected chi connectivity index (χ1v) is 14.1. The van der Waals surface area contributed by atoms with Gasteiger partial charge in [0, 0.05) is 61.6 Å². The molecule has 202 valence electrons. The lowest BCUT2D eigenvalue weighted by atomic mass is 9.97. The average molecular weight is 567 g/mol. The Bertz CT molecular complexity index is 1440. The molecule has 2 aromatic carbocycles. The molecule has 2 aliphatic rings. The summed E-state index contributed by atoms with van der Waals surface area (Å²) in [5.74, 6) is -0.591. The number of carbonyl (C=O) groups excluding carboxylic acids is 1. The number of sulfonamides is 1. The Hall–Kier alpha value is -2.89. The molecule has 2 fully saturated rings. The highest BCUT2D eigenvalue weighted by Gasteiger charge is 2.37. The maximum atomic E-state index is 13.3. The first kappa shape index (κ1) is 26.7. The van der Waals surface area contributed by atoms with Crippen LogP contribution >= 0.6 is 11.6 Å². The van der Waals surface area contributed by atoms with Crippen molar-refractivity contribution in [3.8, 4) is 0 Å². The summed E-state index contributed by atoms with van der Waals surface area (Å²) in [6.07, 6.45) is -1.75. The number of rotatable bonds is 4. The second kappa shape index (κ2) is 10.3. The predicted molar refractivity (Wildman–Crippen MR) is 138 cm³/mol. The first-order chi connectivity index (χ1) is 18.0. The van der Waals surface area contributed by atoms with Gasteiger partial charge in [0.25, 0.3) is 0 Å². The molecule has 12 heteroatoms. The molecule has 3 heterocycles. The van der Waals surface area contributed by atoms with E-state index in [9.17, 15) is 26.4 Å². The molecule has 0 spiro atoms. The minimum Gasteiger partial charge on any atom is -0.367 e. The van der Waals surface area contributed by atoms with Crippen molar-refractivity contribution in [3.63, 3.8) is 0 Å². The molecular formula is C26H26ClF3N4O3S. The zero-order valence-electron chi connectivity index (χ0n) is 20.4. The maximum Gasteiger partial charge on any atom is 0.416 e. The summed E-state index contributed by atoms with van der Waals surface area (Å²) in [7, 11) is -4.02. The smallest absolute Gasteiger partial charge is 0.367 e.